The Kier molecular flexibility index (Phi) is 6.11. The number of para-hydroxylation sites is 2. The molecule has 4 aromatic rings. The van der Waals surface area contributed by atoms with Gasteiger partial charge in [-0.25, -0.2) is 19.2 Å². The fourth-order valence-corrected chi connectivity index (χ4v) is 3.68. The Hall–Kier alpha value is -3.48. The molecule has 0 fully saturated rings. The molecule has 0 unspecified atom stereocenters. The molecule has 0 aliphatic rings. The Labute approximate surface area is 179 Å². The van der Waals surface area contributed by atoms with Crippen molar-refractivity contribution in [2.45, 2.75) is 39.0 Å². The number of benzene rings is 2. The molecule has 0 aliphatic carbocycles. The van der Waals surface area contributed by atoms with Crippen LogP contribution in [0.5, 0.6) is 0 Å². The summed E-state index contributed by atoms with van der Waals surface area (Å²) in [5.41, 5.74) is 9.04. The van der Waals surface area contributed by atoms with Gasteiger partial charge in [0.15, 0.2) is 5.65 Å². The van der Waals surface area contributed by atoms with Gasteiger partial charge in [0.25, 0.3) is 0 Å². The van der Waals surface area contributed by atoms with Crippen LogP contribution in [0, 0.1) is 5.82 Å². The van der Waals surface area contributed by atoms with Crippen LogP contribution in [0.4, 0.5) is 10.2 Å². The first-order chi connectivity index (χ1) is 15.1. The molecule has 0 saturated carbocycles. The molecule has 0 aliphatic heterocycles. The number of nitrogen functional groups attached to an aromatic ring is 1. The van der Waals surface area contributed by atoms with Crippen LogP contribution in [0.15, 0.2) is 48.5 Å². The van der Waals surface area contributed by atoms with Gasteiger partial charge in [0.2, 0.25) is 0 Å². The number of anilines is 1. The number of carbonyl (C=O) groups excluding carboxylic acids is 1. The van der Waals surface area contributed by atoms with E-state index < -0.39 is 11.8 Å². The lowest BCUT2D eigenvalue weighted by Gasteiger charge is -2.08. The predicted octanol–water partition coefficient (Wildman–Crippen LogP) is 5.42. The van der Waals surface area contributed by atoms with Crippen LogP contribution in [0.1, 0.15) is 49.4 Å². The van der Waals surface area contributed by atoms with E-state index in [-0.39, 0.29) is 11.4 Å². The summed E-state index contributed by atoms with van der Waals surface area (Å²) in [6.07, 6.45) is 5.24. The topological polar surface area (TPSA) is 83.0 Å². The first-order valence-corrected chi connectivity index (χ1v) is 10.6. The van der Waals surface area contributed by atoms with Gasteiger partial charge in [-0.1, -0.05) is 50.8 Å². The summed E-state index contributed by atoms with van der Waals surface area (Å²) in [5.74, 6) is -0.826. The van der Waals surface area contributed by atoms with Crippen molar-refractivity contribution in [3.05, 3.63) is 59.9 Å². The van der Waals surface area contributed by atoms with Gasteiger partial charge < -0.3 is 10.5 Å². The fourth-order valence-electron chi connectivity index (χ4n) is 3.68. The van der Waals surface area contributed by atoms with Crippen molar-refractivity contribution >= 4 is 34.0 Å². The number of nitrogens with zero attached hydrogens (tertiary/aromatic N) is 3. The summed E-state index contributed by atoms with van der Waals surface area (Å²) >= 11 is 0. The number of esters is 1. The van der Waals surface area contributed by atoms with E-state index in [1.165, 1.54) is 18.6 Å². The maximum Gasteiger partial charge on any atom is 0.344 e. The van der Waals surface area contributed by atoms with Gasteiger partial charge in [0.05, 0.1) is 23.3 Å². The van der Waals surface area contributed by atoms with Crippen molar-refractivity contribution in [2.24, 2.45) is 0 Å². The van der Waals surface area contributed by atoms with Crippen molar-refractivity contribution in [2.75, 3.05) is 12.3 Å². The summed E-state index contributed by atoms with van der Waals surface area (Å²) in [6.45, 7) is 2.47. The molecule has 7 heteroatoms. The Morgan fingerprint density at radius 2 is 1.77 bits per heavy atom. The molecular weight excluding hydrogens is 395 g/mol. The van der Waals surface area contributed by atoms with Crippen LogP contribution in [0.25, 0.3) is 27.9 Å². The van der Waals surface area contributed by atoms with Crippen molar-refractivity contribution in [3.63, 3.8) is 0 Å². The number of unbranched alkanes of at least 4 members (excludes halogenated alkanes) is 4. The molecule has 2 aromatic carbocycles. The second-order valence-corrected chi connectivity index (χ2v) is 7.51. The number of rotatable bonds is 8. The minimum Gasteiger partial charge on any atom is -0.462 e. The largest absolute Gasteiger partial charge is 0.462 e. The molecule has 2 N–H and O–H groups in total. The van der Waals surface area contributed by atoms with E-state index in [0.717, 1.165) is 25.7 Å². The highest BCUT2D eigenvalue weighted by Crippen LogP contribution is 2.31. The Morgan fingerprint density at radius 1 is 1.03 bits per heavy atom. The zero-order valence-corrected chi connectivity index (χ0v) is 17.5. The number of aromatic nitrogens is 3. The number of hydrogen-bond acceptors (Lipinski definition) is 5. The molecule has 0 bridgehead atoms. The van der Waals surface area contributed by atoms with Crippen molar-refractivity contribution in [1.29, 1.82) is 0 Å². The van der Waals surface area contributed by atoms with Gasteiger partial charge >= 0.3 is 5.97 Å². The van der Waals surface area contributed by atoms with E-state index in [2.05, 4.69) is 16.9 Å². The van der Waals surface area contributed by atoms with Crippen LogP contribution in [-0.2, 0) is 4.74 Å². The molecule has 0 atom stereocenters. The number of halogens is 1. The predicted molar refractivity (Wildman–Crippen MR) is 120 cm³/mol. The van der Waals surface area contributed by atoms with Crippen LogP contribution in [0.2, 0.25) is 0 Å². The maximum absolute atomic E-state index is 13.9. The molecule has 160 valence electrons. The highest BCUT2D eigenvalue weighted by Gasteiger charge is 2.26. The lowest BCUT2D eigenvalue weighted by Crippen LogP contribution is -2.10. The Morgan fingerprint density at radius 3 is 2.52 bits per heavy atom. The summed E-state index contributed by atoms with van der Waals surface area (Å²) in [6, 6.07) is 13.3. The lowest BCUT2D eigenvalue weighted by atomic mass is 10.2. The van der Waals surface area contributed by atoms with Crippen LogP contribution < -0.4 is 5.73 Å². The minimum absolute atomic E-state index is 0.131. The standard InChI is InChI=1S/C24H25FN4O2/c1-2-3-4-5-8-14-31-24(30)20-21-23(28-19-13-7-6-12-18(19)27-21)29(22(20)26)17-11-9-10-16(25)15-17/h6-7,9-13,15H,2-5,8,14,26H2,1H3. The Balaban J connectivity index is 1.76. The summed E-state index contributed by atoms with van der Waals surface area (Å²) < 4.78 is 21.0. The quantitative estimate of drug-likeness (QED) is 0.304. The van der Waals surface area contributed by atoms with E-state index in [4.69, 9.17) is 10.5 Å². The molecule has 2 heterocycles. The number of carbonyl (C=O) groups is 1. The molecular formula is C24H25FN4O2. The summed E-state index contributed by atoms with van der Waals surface area (Å²) in [4.78, 5) is 22.3. The van der Waals surface area contributed by atoms with Crippen LogP contribution in [-0.4, -0.2) is 27.1 Å². The smallest absolute Gasteiger partial charge is 0.344 e. The maximum atomic E-state index is 13.9. The molecule has 2 aromatic heterocycles. The van der Waals surface area contributed by atoms with Gasteiger partial charge in [-0.15, -0.1) is 0 Å². The van der Waals surface area contributed by atoms with E-state index in [1.807, 2.05) is 24.3 Å². The molecule has 0 saturated heterocycles. The summed E-state index contributed by atoms with van der Waals surface area (Å²) in [5, 5.41) is 0. The van der Waals surface area contributed by atoms with Gasteiger partial charge in [-0.2, -0.15) is 0 Å². The molecule has 0 amide bonds. The number of ether oxygens (including phenoxy) is 1. The van der Waals surface area contributed by atoms with Gasteiger partial charge in [0.1, 0.15) is 22.7 Å². The van der Waals surface area contributed by atoms with E-state index in [9.17, 15) is 9.18 Å². The fraction of sp³-hybridized carbons (Fsp3) is 0.292. The number of fused-ring (bicyclic) bond motifs is 2. The monoisotopic (exact) mass is 420 g/mol. The van der Waals surface area contributed by atoms with E-state index >= 15 is 0 Å². The third-order valence-electron chi connectivity index (χ3n) is 5.25. The lowest BCUT2D eigenvalue weighted by molar-refractivity contribution is 0.0501. The second-order valence-electron chi connectivity index (χ2n) is 7.51. The second kappa shape index (κ2) is 9.12. The molecule has 0 spiro atoms. The summed E-state index contributed by atoms with van der Waals surface area (Å²) in [7, 11) is 0. The van der Waals surface area contributed by atoms with Gasteiger partial charge in [-0.3, -0.25) is 4.57 Å². The van der Waals surface area contributed by atoms with E-state index in [0.29, 0.717) is 34.5 Å². The van der Waals surface area contributed by atoms with Crippen LogP contribution >= 0.6 is 0 Å². The SMILES string of the molecule is CCCCCCCOC(=O)c1c(N)n(-c2cccc(F)c2)c2nc3ccccc3nc12. The molecule has 31 heavy (non-hydrogen) atoms. The third kappa shape index (κ3) is 4.21. The number of hydrogen-bond donors (Lipinski definition) is 1. The van der Waals surface area contributed by atoms with E-state index in [1.54, 1.807) is 16.7 Å². The average Bonchev–Trinajstić information content (AvgIpc) is 3.05. The normalized spacial score (nSPS) is 11.3. The number of nitrogens with two attached hydrogens (primary N) is 1. The minimum atomic E-state index is -0.544. The zero-order chi connectivity index (χ0) is 21.8. The third-order valence-corrected chi connectivity index (χ3v) is 5.25. The van der Waals surface area contributed by atoms with Crippen LogP contribution in [0.3, 0.4) is 0 Å². The highest BCUT2D eigenvalue weighted by atomic mass is 19.1. The van der Waals surface area contributed by atoms with Crippen molar-refractivity contribution < 1.29 is 13.9 Å². The Bertz CT molecular complexity index is 1240. The molecule has 4 rings (SSSR count). The molecule has 6 nitrogen and oxygen atoms in total. The highest BCUT2D eigenvalue weighted by molar-refractivity contribution is 6.09. The van der Waals surface area contributed by atoms with Gasteiger partial charge in [0, 0.05) is 0 Å². The van der Waals surface area contributed by atoms with Gasteiger partial charge in [-0.05, 0) is 36.8 Å². The zero-order valence-electron chi connectivity index (χ0n) is 17.5. The molecule has 0 radical (unpaired) electrons. The first-order valence-electron chi connectivity index (χ1n) is 10.6. The van der Waals surface area contributed by atoms with Crippen molar-refractivity contribution in [1.82, 2.24) is 14.5 Å². The average molecular weight is 420 g/mol. The first kappa shape index (κ1) is 20.8. The van der Waals surface area contributed by atoms with Crippen molar-refractivity contribution in [3.8, 4) is 5.69 Å².